The van der Waals surface area contributed by atoms with Crippen molar-refractivity contribution in [1.29, 1.82) is 0 Å². The number of rotatable bonds is 2. The number of carbonyl (C=O) groups excluding carboxylic acids is 2. The van der Waals surface area contributed by atoms with Crippen molar-refractivity contribution in [2.24, 2.45) is 28.6 Å². The molecule has 0 aliphatic heterocycles. The van der Waals surface area contributed by atoms with Gasteiger partial charge in [0.05, 0.1) is 0 Å². The second-order valence-electron chi connectivity index (χ2n) is 9.76. The highest BCUT2D eigenvalue weighted by molar-refractivity contribution is 5.80. The van der Waals surface area contributed by atoms with Gasteiger partial charge in [0.15, 0.2) is 0 Å². The monoisotopic (exact) mass is 358 g/mol. The number of Topliss-reactive ketones (excluding diaryl/α,β-unsaturated/α-hetero) is 1. The minimum atomic E-state index is -0.0397. The number of fused-ring (bicyclic) bond motifs is 5. The summed E-state index contributed by atoms with van der Waals surface area (Å²) in [5.41, 5.74) is 1.94. The molecule has 6 unspecified atom stereocenters. The molecule has 3 nitrogen and oxygen atoms in total. The van der Waals surface area contributed by atoms with Crippen LogP contribution in [0.1, 0.15) is 85.0 Å². The molecule has 0 aromatic carbocycles. The van der Waals surface area contributed by atoms with Gasteiger partial charge in [0.2, 0.25) is 0 Å². The quantitative estimate of drug-likeness (QED) is 0.501. The minimum Gasteiger partial charge on any atom is -0.462 e. The smallest absolute Gasteiger partial charge is 0.305 e. The second-order valence-corrected chi connectivity index (χ2v) is 9.76. The molecule has 4 aliphatic rings. The average molecular weight is 359 g/mol. The predicted octanol–water partition coefficient (Wildman–Crippen LogP) is 5.23. The zero-order valence-corrected chi connectivity index (χ0v) is 16.7. The van der Waals surface area contributed by atoms with E-state index >= 15 is 0 Å². The number of allylic oxidation sites excluding steroid dienone is 2. The van der Waals surface area contributed by atoms with Crippen LogP contribution in [0.4, 0.5) is 0 Å². The number of ether oxygens (including phenoxy) is 1. The Kier molecular flexibility index (Phi) is 4.56. The summed E-state index contributed by atoms with van der Waals surface area (Å²) in [5, 5.41) is 0. The predicted molar refractivity (Wildman–Crippen MR) is 101 cm³/mol. The largest absolute Gasteiger partial charge is 0.462 e. The van der Waals surface area contributed by atoms with Crippen molar-refractivity contribution in [1.82, 2.24) is 0 Å². The summed E-state index contributed by atoms with van der Waals surface area (Å²) in [6.45, 7) is 6.72. The van der Waals surface area contributed by atoms with Gasteiger partial charge in [-0.25, -0.2) is 0 Å². The average Bonchev–Trinajstić information content (AvgIpc) is 2.87. The standard InChI is InChI=1S/C23H34O3/c1-4-21(25)26-20-10-9-18-17-8-6-15-5-7-16(24)11-13-22(15,2)19(17)12-14-23(18,20)3/h5,17-20H,4,6-14H2,1-3H3. The van der Waals surface area contributed by atoms with Gasteiger partial charge in [-0.15, -0.1) is 0 Å². The van der Waals surface area contributed by atoms with Crippen molar-refractivity contribution in [2.45, 2.75) is 91.1 Å². The van der Waals surface area contributed by atoms with Gasteiger partial charge in [-0.2, -0.15) is 0 Å². The first-order chi connectivity index (χ1) is 12.4. The highest BCUT2D eigenvalue weighted by atomic mass is 16.5. The molecule has 26 heavy (non-hydrogen) atoms. The molecule has 4 aliphatic carbocycles. The van der Waals surface area contributed by atoms with E-state index in [0.717, 1.165) is 38.0 Å². The molecule has 0 aromatic heterocycles. The van der Waals surface area contributed by atoms with Gasteiger partial charge in [-0.1, -0.05) is 32.4 Å². The van der Waals surface area contributed by atoms with E-state index in [2.05, 4.69) is 19.9 Å². The Morgan fingerprint density at radius 2 is 1.92 bits per heavy atom. The Balaban J connectivity index is 1.59. The SMILES string of the molecule is CCC(=O)OC1CCC2C3CCC4=CCC(=O)CCC4(C)C3CCC12C. The third kappa shape index (κ3) is 2.68. The van der Waals surface area contributed by atoms with E-state index < -0.39 is 0 Å². The molecule has 144 valence electrons. The summed E-state index contributed by atoms with van der Waals surface area (Å²) in [7, 11) is 0. The molecule has 0 aromatic rings. The zero-order chi connectivity index (χ0) is 18.5. The van der Waals surface area contributed by atoms with Crippen molar-refractivity contribution >= 4 is 11.8 Å². The zero-order valence-electron chi connectivity index (χ0n) is 16.7. The van der Waals surface area contributed by atoms with Crippen LogP contribution in [0.5, 0.6) is 0 Å². The van der Waals surface area contributed by atoms with Gasteiger partial charge in [0, 0.05) is 24.7 Å². The van der Waals surface area contributed by atoms with Gasteiger partial charge in [0.25, 0.3) is 0 Å². The Labute approximate surface area is 157 Å². The number of hydrogen-bond donors (Lipinski definition) is 0. The summed E-state index contributed by atoms with van der Waals surface area (Å²) < 4.78 is 5.88. The van der Waals surface area contributed by atoms with Gasteiger partial charge in [0.1, 0.15) is 11.9 Å². The van der Waals surface area contributed by atoms with Crippen molar-refractivity contribution in [3.63, 3.8) is 0 Å². The maximum absolute atomic E-state index is 12.0. The topological polar surface area (TPSA) is 43.4 Å². The maximum atomic E-state index is 12.0. The Morgan fingerprint density at radius 1 is 1.12 bits per heavy atom. The fourth-order valence-corrected chi connectivity index (χ4v) is 7.13. The van der Waals surface area contributed by atoms with Crippen LogP contribution in [0.15, 0.2) is 11.6 Å². The van der Waals surface area contributed by atoms with Gasteiger partial charge in [-0.05, 0) is 68.1 Å². The lowest BCUT2D eigenvalue weighted by atomic mass is 9.48. The third-order valence-corrected chi connectivity index (χ3v) is 8.71. The first-order valence-corrected chi connectivity index (χ1v) is 10.8. The molecule has 6 atom stereocenters. The van der Waals surface area contributed by atoms with E-state index in [0.29, 0.717) is 30.5 Å². The fourth-order valence-electron chi connectivity index (χ4n) is 7.13. The Morgan fingerprint density at radius 3 is 2.69 bits per heavy atom. The van der Waals surface area contributed by atoms with E-state index in [1.807, 2.05) is 6.92 Å². The molecule has 3 saturated carbocycles. The molecule has 0 bridgehead atoms. The van der Waals surface area contributed by atoms with E-state index in [1.54, 1.807) is 5.57 Å². The van der Waals surface area contributed by atoms with Crippen LogP contribution < -0.4 is 0 Å². The molecule has 0 saturated heterocycles. The highest BCUT2D eigenvalue weighted by Gasteiger charge is 2.59. The summed E-state index contributed by atoms with van der Waals surface area (Å²) in [6, 6.07) is 0. The molecule has 3 heteroatoms. The summed E-state index contributed by atoms with van der Waals surface area (Å²) in [4.78, 5) is 24.0. The molecule has 4 rings (SSSR count). The lowest BCUT2D eigenvalue weighted by molar-refractivity contribution is -0.159. The van der Waals surface area contributed by atoms with Crippen LogP contribution in [0.2, 0.25) is 0 Å². The lowest BCUT2D eigenvalue weighted by Crippen LogP contribution is -2.50. The molecule has 0 amide bonds. The van der Waals surface area contributed by atoms with E-state index in [1.165, 1.54) is 19.3 Å². The molecular formula is C23H34O3. The van der Waals surface area contributed by atoms with Gasteiger partial charge < -0.3 is 4.74 Å². The molecule has 0 spiro atoms. The number of ketones is 1. The molecule has 0 N–H and O–H groups in total. The number of carbonyl (C=O) groups is 2. The Hall–Kier alpha value is -1.12. The van der Waals surface area contributed by atoms with Gasteiger partial charge in [-0.3, -0.25) is 9.59 Å². The van der Waals surface area contributed by atoms with Crippen molar-refractivity contribution in [3.8, 4) is 0 Å². The van der Waals surface area contributed by atoms with Crippen LogP contribution in [0.3, 0.4) is 0 Å². The van der Waals surface area contributed by atoms with Crippen LogP contribution in [0, 0.1) is 28.6 Å². The van der Waals surface area contributed by atoms with Crippen LogP contribution in [-0.4, -0.2) is 17.9 Å². The molecule has 0 heterocycles. The first kappa shape index (κ1) is 18.3. The van der Waals surface area contributed by atoms with Crippen LogP contribution in [-0.2, 0) is 14.3 Å². The van der Waals surface area contributed by atoms with Crippen LogP contribution >= 0.6 is 0 Å². The summed E-state index contributed by atoms with van der Waals surface area (Å²) in [5.74, 6) is 2.48. The molecular weight excluding hydrogens is 324 g/mol. The van der Waals surface area contributed by atoms with Crippen molar-refractivity contribution in [3.05, 3.63) is 11.6 Å². The highest BCUT2D eigenvalue weighted by Crippen LogP contribution is 2.65. The number of esters is 1. The van der Waals surface area contributed by atoms with E-state index in [4.69, 9.17) is 4.74 Å². The maximum Gasteiger partial charge on any atom is 0.305 e. The number of hydrogen-bond acceptors (Lipinski definition) is 3. The Bertz CT molecular complexity index is 635. The third-order valence-electron chi connectivity index (χ3n) is 8.71. The first-order valence-electron chi connectivity index (χ1n) is 10.8. The van der Waals surface area contributed by atoms with E-state index in [9.17, 15) is 9.59 Å². The summed E-state index contributed by atoms with van der Waals surface area (Å²) >= 11 is 0. The second kappa shape index (κ2) is 6.49. The normalized spacial score (nSPS) is 45.0. The van der Waals surface area contributed by atoms with Crippen LogP contribution in [0.25, 0.3) is 0 Å². The molecule has 3 fully saturated rings. The van der Waals surface area contributed by atoms with Gasteiger partial charge >= 0.3 is 5.97 Å². The fraction of sp³-hybridized carbons (Fsp3) is 0.826. The lowest BCUT2D eigenvalue weighted by Gasteiger charge is -2.57. The van der Waals surface area contributed by atoms with Crippen molar-refractivity contribution in [2.75, 3.05) is 0 Å². The summed E-state index contributed by atoms with van der Waals surface area (Å²) in [6.07, 6.45) is 12.3. The van der Waals surface area contributed by atoms with Crippen molar-refractivity contribution < 1.29 is 14.3 Å². The minimum absolute atomic E-state index is 0.0397. The van der Waals surface area contributed by atoms with E-state index in [-0.39, 0.29) is 22.9 Å². The molecule has 0 radical (unpaired) electrons.